The molecule has 0 fully saturated rings. The van der Waals surface area contributed by atoms with E-state index in [9.17, 15) is 9.18 Å². The van der Waals surface area contributed by atoms with Gasteiger partial charge in [-0.15, -0.1) is 11.3 Å². The Bertz CT molecular complexity index is 799. The van der Waals surface area contributed by atoms with E-state index in [4.69, 9.17) is 11.6 Å². The van der Waals surface area contributed by atoms with Gasteiger partial charge in [-0.3, -0.25) is 9.78 Å². The smallest absolute Gasteiger partial charge is 0.177 e. The average Bonchev–Trinajstić information content (AvgIpc) is 2.84. The van der Waals surface area contributed by atoms with Gasteiger partial charge in [0.1, 0.15) is 5.82 Å². The Kier molecular flexibility index (Phi) is 3.51. The molecule has 1 aromatic carbocycles. The van der Waals surface area contributed by atoms with Gasteiger partial charge in [0.05, 0.1) is 9.90 Å². The summed E-state index contributed by atoms with van der Waals surface area (Å²) in [5, 5.41) is 1.36. The number of hydrogen-bond donors (Lipinski definition) is 0. The van der Waals surface area contributed by atoms with E-state index in [1.54, 1.807) is 24.4 Å². The zero-order valence-electron chi connectivity index (χ0n) is 10.3. The fourth-order valence-corrected chi connectivity index (χ4v) is 3.16. The first-order valence-electron chi connectivity index (χ1n) is 5.94. The lowest BCUT2D eigenvalue weighted by Gasteiger charge is -2.00. The van der Waals surface area contributed by atoms with E-state index in [0.29, 0.717) is 9.90 Å². The van der Waals surface area contributed by atoms with E-state index in [-0.39, 0.29) is 18.0 Å². The zero-order valence-corrected chi connectivity index (χ0v) is 11.8. The Morgan fingerprint density at radius 2 is 2.15 bits per heavy atom. The highest BCUT2D eigenvalue weighted by Gasteiger charge is 2.13. The lowest BCUT2D eigenvalue weighted by Crippen LogP contribution is -2.01. The van der Waals surface area contributed by atoms with Crippen molar-refractivity contribution in [3.05, 3.63) is 64.0 Å². The SMILES string of the molecule is O=C(Cc1ccncc1Cl)c1cc2ccc(F)cc2s1. The molecule has 0 saturated heterocycles. The van der Waals surface area contributed by atoms with E-state index in [1.165, 1.54) is 29.7 Å². The number of nitrogens with zero attached hydrogens (tertiary/aromatic N) is 1. The lowest BCUT2D eigenvalue weighted by molar-refractivity contribution is 0.0997. The second-order valence-corrected chi connectivity index (χ2v) is 5.85. The van der Waals surface area contributed by atoms with Crippen LogP contribution < -0.4 is 0 Å². The summed E-state index contributed by atoms with van der Waals surface area (Å²) < 4.78 is 13.9. The van der Waals surface area contributed by atoms with Gasteiger partial charge in [0, 0.05) is 23.5 Å². The minimum atomic E-state index is -0.296. The summed E-state index contributed by atoms with van der Waals surface area (Å²) >= 11 is 7.29. The van der Waals surface area contributed by atoms with Crippen molar-refractivity contribution in [1.29, 1.82) is 0 Å². The summed E-state index contributed by atoms with van der Waals surface area (Å²) in [6.45, 7) is 0. The number of benzene rings is 1. The lowest BCUT2D eigenvalue weighted by atomic mass is 10.1. The molecule has 5 heteroatoms. The van der Waals surface area contributed by atoms with Crippen molar-refractivity contribution in [2.75, 3.05) is 0 Å². The van der Waals surface area contributed by atoms with Crippen molar-refractivity contribution in [2.24, 2.45) is 0 Å². The van der Waals surface area contributed by atoms with Crippen molar-refractivity contribution < 1.29 is 9.18 Å². The fourth-order valence-electron chi connectivity index (χ4n) is 1.95. The third kappa shape index (κ3) is 2.57. The number of halogens is 2. The van der Waals surface area contributed by atoms with Crippen LogP contribution in [-0.2, 0) is 6.42 Å². The number of Topliss-reactive ketones (excluding diaryl/α,β-unsaturated/α-hetero) is 1. The highest BCUT2D eigenvalue weighted by molar-refractivity contribution is 7.20. The normalized spacial score (nSPS) is 10.9. The van der Waals surface area contributed by atoms with E-state index in [0.717, 1.165) is 15.6 Å². The van der Waals surface area contributed by atoms with Crippen LogP contribution in [0.5, 0.6) is 0 Å². The van der Waals surface area contributed by atoms with Crippen LogP contribution in [0.3, 0.4) is 0 Å². The van der Waals surface area contributed by atoms with Crippen LogP contribution in [-0.4, -0.2) is 10.8 Å². The molecule has 2 heterocycles. The second-order valence-electron chi connectivity index (χ2n) is 4.36. The maximum Gasteiger partial charge on any atom is 0.177 e. The molecule has 3 rings (SSSR count). The number of rotatable bonds is 3. The summed E-state index contributed by atoms with van der Waals surface area (Å²) in [4.78, 5) is 16.8. The van der Waals surface area contributed by atoms with E-state index in [2.05, 4.69) is 4.98 Å². The highest BCUT2D eigenvalue weighted by atomic mass is 35.5. The molecule has 3 aromatic rings. The Labute approximate surface area is 123 Å². The van der Waals surface area contributed by atoms with Crippen LogP contribution in [0.2, 0.25) is 5.02 Å². The van der Waals surface area contributed by atoms with Gasteiger partial charge in [0.2, 0.25) is 0 Å². The van der Waals surface area contributed by atoms with E-state index in [1.807, 2.05) is 0 Å². The topological polar surface area (TPSA) is 30.0 Å². The molecule has 0 aliphatic carbocycles. The minimum absolute atomic E-state index is 0.0280. The van der Waals surface area contributed by atoms with Crippen LogP contribution in [0.4, 0.5) is 4.39 Å². The molecule has 2 aromatic heterocycles. The standard InChI is InChI=1S/C15H9ClFNOS/c16-12-8-18-4-3-9(12)5-13(19)15-6-10-1-2-11(17)7-14(10)20-15/h1-4,6-8H,5H2. The number of fused-ring (bicyclic) bond motifs is 1. The molecule has 0 unspecified atom stereocenters. The largest absolute Gasteiger partial charge is 0.293 e. The quantitative estimate of drug-likeness (QED) is 0.666. The first-order chi connectivity index (χ1) is 9.63. The van der Waals surface area contributed by atoms with Gasteiger partial charge < -0.3 is 0 Å². The average molecular weight is 306 g/mol. The van der Waals surface area contributed by atoms with Gasteiger partial charge >= 0.3 is 0 Å². The number of carbonyl (C=O) groups excluding carboxylic acids is 1. The third-order valence-electron chi connectivity index (χ3n) is 2.96. The molecule has 0 atom stereocenters. The molecule has 0 amide bonds. The van der Waals surface area contributed by atoms with E-state index >= 15 is 0 Å². The Morgan fingerprint density at radius 3 is 2.95 bits per heavy atom. The van der Waals surface area contributed by atoms with Crippen molar-refractivity contribution in [3.63, 3.8) is 0 Å². The molecule has 0 aliphatic rings. The van der Waals surface area contributed by atoms with Crippen molar-refractivity contribution in [3.8, 4) is 0 Å². The van der Waals surface area contributed by atoms with Gasteiger partial charge in [0.15, 0.2) is 5.78 Å². The number of ketones is 1. The van der Waals surface area contributed by atoms with Crippen LogP contribution in [0.25, 0.3) is 10.1 Å². The summed E-state index contributed by atoms with van der Waals surface area (Å²) in [5.74, 6) is -0.324. The van der Waals surface area contributed by atoms with Gasteiger partial charge in [-0.2, -0.15) is 0 Å². The zero-order chi connectivity index (χ0) is 14.1. The van der Waals surface area contributed by atoms with Crippen LogP contribution >= 0.6 is 22.9 Å². The molecule has 2 nitrogen and oxygen atoms in total. The monoisotopic (exact) mass is 305 g/mol. The Hall–Kier alpha value is -1.78. The van der Waals surface area contributed by atoms with E-state index < -0.39 is 0 Å². The second kappa shape index (κ2) is 5.31. The fraction of sp³-hybridized carbons (Fsp3) is 0.0667. The predicted molar refractivity (Wildman–Crippen MR) is 79.1 cm³/mol. The maximum atomic E-state index is 13.1. The summed E-state index contributed by atoms with van der Waals surface area (Å²) in [6.07, 6.45) is 3.34. The molecule has 0 bridgehead atoms. The molecular formula is C15H9ClFNOS. The van der Waals surface area contributed by atoms with Crippen molar-refractivity contribution in [2.45, 2.75) is 6.42 Å². The van der Waals surface area contributed by atoms with Crippen molar-refractivity contribution in [1.82, 2.24) is 4.98 Å². The van der Waals surface area contributed by atoms with Crippen LogP contribution in [0.1, 0.15) is 15.2 Å². The van der Waals surface area contributed by atoms with Gasteiger partial charge in [0.25, 0.3) is 0 Å². The van der Waals surface area contributed by atoms with Crippen molar-refractivity contribution >= 4 is 38.8 Å². The molecular weight excluding hydrogens is 297 g/mol. The minimum Gasteiger partial charge on any atom is -0.293 e. The molecule has 20 heavy (non-hydrogen) atoms. The first-order valence-corrected chi connectivity index (χ1v) is 7.13. The first kappa shape index (κ1) is 13.2. The molecule has 0 spiro atoms. The Balaban J connectivity index is 1.91. The third-order valence-corrected chi connectivity index (χ3v) is 4.44. The molecule has 100 valence electrons. The van der Waals surface area contributed by atoms with Crippen LogP contribution in [0, 0.1) is 5.82 Å². The van der Waals surface area contributed by atoms with Gasteiger partial charge in [-0.25, -0.2) is 4.39 Å². The molecule has 0 saturated carbocycles. The summed E-state index contributed by atoms with van der Waals surface area (Å²) in [5.41, 5.74) is 0.746. The molecule has 0 radical (unpaired) electrons. The number of carbonyl (C=O) groups is 1. The van der Waals surface area contributed by atoms with Gasteiger partial charge in [-0.1, -0.05) is 17.7 Å². The molecule has 0 N–H and O–H groups in total. The van der Waals surface area contributed by atoms with Gasteiger partial charge in [-0.05, 0) is 35.2 Å². The Morgan fingerprint density at radius 1 is 1.30 bits per heavy atom. The predicted octanol–water partition coefficient (Wildman–Crippen LogP) is 4.51. The maximum absolute atomic E-state index is 13.1. The number of pyridine rings is 1. The highest BCUT2D eigenvalue weighted by Crippen LogP contribution is 2.28. The molecule has 0 aliphatic heterocycles. The number of aromatic nitrogens is 1. The number of hydrogen-bond acceptors (Lipinski definition) is 3. The summed E-state index contributed by atoms with van der Waals surface area (Å²) in [6, 6.07) is 8.03. The summed E-state index contributed by atoms with van der Waals surface area (Å²) in [7, 11) is 0. The number of thiophene rings is 1. The van der Waals surface area contributed by atoms with Crippen LogP contribution in [0.15, 0.2) is 42.7 Å².